The van der Waals surface area contributed by atoms with Crippen molar-refractivity contribution in [3.63, 3.8) is 0 Å². The fourth-order valence-electron chi connectivity index (χ4n) is 1.40. The lowest BCUT2D eigenvalue weighted by molar-refractivity contribution is 0.818. The van der Waals surface area contributed by atoms with Gasteiger partial charge in [0.15, 0.2) is 0 Å². The summed E-state index contributed by atoms with van der Waals surface area (Å²) in [7, 11) is 0. The third kappa shape index (κ3) is 4.68. The lowest BCUT2D eigenvalue weighted by atomic mass is 10.0. The van der Waals surface area contributed by atoms with Gasteiger partial charge in [-0.15, -0.1) is 11.8 Å². The van der Waals surface area contributed by atoms with Crippen molar-refractivity contribution < 1.29 is 0 Å². The molecule has 0 N–H and O–H groups in total. The van der Waals surface area contributed by atoms with Gasteiger partial charge in [0.2, 0.25) is 0 Å². The summed E-state index contributed by atoms with van der Waals surface area (Å²) in [4.78, 5) is 5.25. The first-order valence-electron chi connectivity index (χ1n) is 5.30. The highest BCUT2D eigenvalue weighted by Gasteiger charge is 2.11. The van der Waals surface area contributed by atoms with E-state index in [4.69, 9.17) is 10.5 Å². The van der Waals surface area contributed by atoms with E-state index < -0.39 is 0 Å². The molecule has 0 amide bonds. The van der Waals surface area contributed by atoms with Crippen LogP contribution in [0, 0.1) is 22.0 Å². The summed E-state index contributed by atoms with van der Waals surface area (Å²) in [6.07, 6.45) is 4.25. The minimum Gasteiger partial charge on any atom is -0.263 e. The average Bonchev–Trinajstić information content (AvgIpc) is 2.35. The molecular weight excluding hydrogens is 250 g/mol. The molecule has 1 aromatic rings. The Balaban J connectivity index is 2.71. The largest absolute Gasteiger partial charge is 0.263 e. The van der Waals surface area contributed by atoms with Gasteiger partial charge in [-0.25, -0.2) is 0 Å². The maximum Gasteiger partial charge on any atom is 0.133 e. The van der Waals surface area contributed by atoms with Crippen LogP contribution in [-0.2, 0) is 0 Å². The van der Waals surface area contributed by atoms with E-state index in [9.17, 15) is 0 Å². The molecule has 0 aliphatic heterocycles. The molecule has 0 aliphatic carbocycles. The van der Waals surface area contributed by atoms with Gasteiger partial charge in [-0.1, -0.05) is 6.92 Å². The van der Waals surface area contributed by atoms with E-state index in [2.05, 4.69) is 18.0 Å². The van der Waals surface area contributed by atoms with Crippen LogP contribution in [0.1, 0.15) is 24.8 Å². The molecule has 0 radical (unpaired) electrons. The van der Waals surface area contributed by atoms with Crippen LogP contribution in [0.5, 0.6) is 0 Å². The number of hydrogen-bond donors (Lipinski definition) is 0. The fraction of sp³-hybridized carbons (Fsp3) is 0.417. The van der Waals surface area contributed by atoms with Crippen LogP contribution in [0.3, 0.4) is 0 Å². The summed E-state index contributed by atoms with van der Waals surface area (Å²) in [5.74, 6) is 1.51. The highest BCUT2D eigenvalue weighted by Crippen LogP contribution is 2.24. The Morgan fingerprint density at radius 3 is 2.88 bits per heavy atom. The molecule has 1 atom stereocenters. The van der Waals surface area contributed by atoms with E-state index in [1.165, 1.54) is 11.8 Å². The molecular formula is C12H13N3S2. The predicted octanol–water partition coefficient (Wildman–Crippen LogP) is 3.41. The van der Waals surface area contributed by atoms with Crippen LogP contribution >= 0.6 is 23.5 Å². The molecule has 0 aromatic carbocycles. The number of nitrogens with zero attached hydrogens (tertiary/aromatic N) is 3. The molecule has 1 rings (SSSR count). The van der Waals surface area contributed by atoms with Crippen molar-refractivity contribution in [3.05, 3.63) is 24.0 Å². The van der Waals surface area contributed by atoms with Crippen molar-refractivity contribution in [2.45, 2.75) is 24.2 Å². The Morgan fingerprint density at radius 2 is 2.24 bits per heavy atom. The third-order valence-electron chi connectivity index (χ3n) is 2.18. The van der Waals surface area contributed by atoms with Crippen LogP contribution < -0.4 is 0 Å². The molecule has 0 spiro atoms. The second kappa shape index (κ2) is 8.00. The zero-order valence-electron chi connectivity index (χ0n) is 9.59. The highest BCUT2D eigenvalue weighted by molar-refractivity contribution is 8.03. The molecule has 0 saturated carbocycles. The van der Waals surface area contributed by atoms with E-state index in [0.717, 1.165) is 16.2 Å². The first-order chi connectivity index (χ1) is 8.31. The van der Waals surface area contributed by atoms with Crippen molar-refractivity contribution in [1.82, 2.24) is 4.98 Å². The molecule has 0 saturated heterocycles. The molecule has 5 heteroatoms. The maximum absolute atomic E-state index is 9.12. The van der Waals surface area contributed by atoms with Crippen LogP contribution in [0.25, 0.3) is 0 Å². The molecule has 3 nitrogen and oxygen atoms in total. The zero-order valence-corrected chi connectivity index (χ0v) is 11.2. The number of thioether (sulfide) groups is 2. The fourth-order valence-corrected chi connectivity index (χ4v) is 2.53. The number of thiocyanates is 1. The summed E-state index contributed by atoms with van der Waals surface area (Å²) in [6.45, 7) is 2.09. The quantitative estimate of drug-likeness (QED) is 0.447. The highest BCUT2D eigenvalue weighted by atomic mass is 32.2. The van der Waals surface area contributed by atoms with Gasteiger partial charge in [0, 0.05) is 23.0 Å². The van der Waals surface area contributed by atoms with Gasteiger partial charge >= 0.3 is 0 Å². The van der Waals surface area contributed by atoms with E-state index in [1.807, 2.05) is 17.7 Å². The summed E-state index contributed by atoms with van der Waals surface area (Å²) in [5, 5.41) is 19.6. The van der Waals surface area contributed by atoms with E-state index >= 15 is 0 Å². The zero-order chi connectivity index (χ0) is 12.5. The summed E-state index contributed by atoms with van der Waals surface area (Å²) in [6, 6.07) is 4.29. The molecule has 0 fully saturated rings. The van der Waals surface area contributed by atoms with Crippen LogP contribution in [0.4, 0.5) is 0 Å². The molecule has 88 valence electrons. The number of aromatic nitrogens is 1. The third-order valence-corrected chi connectivity index (χ3v) is 3.59. The first kappa shape index (κ1) is 13.9. The van der Waals surface area contributed by atoms with Crippen LogP contribution in [0.2, 0.25) is 0 Å². The lowest BCUT2D eigenvalue weighted by Gasteiger charge is -2.08. The molecule has 1 heterocycles. The molecule has 1 unspecified atom stereocenters. The van der Waals surface area contributed by atoms with Gasteiger partial charge in [-0.05, 0) is 35.6 Å². The number of pyridine rings is 1. The Hall–Kier alpha value is -1.17. The topological polar surface area (TPSA) is 60.5 Å². The summed E-state index contributed by atoms with van der Waals surface area (Å²) >= 11 is 2.91. The average molecular weight is 263 g/mol. The maximum atomic E-state index is 9.12. The van der Waals surface area contributed by atoms with Gasteiger partial charge in [-0.3, -0.25) is 4.98 Å². The van der Waals surface area contributed by atoms with Gasteiger partial charge in [0.25, 0.3) is 0 Å². The van der Waals surface area contributed by atoms with Gasteiger partial charge in [0.1, 0.15) is 5.40 Å². The Bertz CT molecular complexity index is 434. The molecule has 0 aliphatic rings. The van der Waals surface area contributed by atoms with Crippen molar-refractivity contribution in [1.29, 1.82) is 10.5 Å². The summed E-state index contributed by atoms with van der Waals surface area (Å²) < 4.78 is 0. The monoisotopic (exact) mass is 263 g/mol. The Morgan fingerprint density at radius 1 is 1.41 bits per heavy atom. The van der Waals surface area contributed by atoms with E-state index in [0.29, 0.717) is 12.2 Å². The van der Waals surface area contributed by atoms with E-state index in [1.54, 1.807) is 18.0 Å². The SMILES string of the molecule is CCSc1cncc(C(C#N)CCSC#N)c1. The van der Waals surface area contributed by atoms with Crippen molar-refractivity contribution in [2.75, 3.05) is 11.5 Å². The van der Waals surface area contributed by atoms with Crippen molar-refractivity contribution in [2.24, 2.45) is 0 Å². The number of rotatable bonds is 6. The van der Waals surface area contributed by atoms with Crippen LogP contribution in [-0.4, -0.2) is 16.5 Å². The van der Waals surface area contributed by atoms with Gasteiger partial charge in [-0.2, -0.15) is 10.5 Å². The standard InChI is InChI=1S/C12H13N3S2/c1-2-17-12-5-11(7-15-8-12)10(6-13)3-4-16-9-14/h5,7-8,10H,2-4H2,1H3. The lowest BCUT2D eigenvalue weighted by Crippen LogP contribution is -1.98. The van der Waals surface area contributed by atoms with Crippen molar-refractivity contribution >= 4 is 23.5 Å². The first-order valence-corrected chi connectivity index (χ1v) is 7.27. The van der Waals surface area contributed by atoms with E-state index in [-0.39, 0.29) is 5.92 Å². The van der Waals surface area contributed by atoms with Crippen molar-refractivity contribution in [3.8, 4) is 11.5 Å². The number of hydrogen-bond acceptors (Lipinski definition) is 5. The summed E-state index contributed by atoms with van der Waals surface area (Å²) in [5.41, 5.74) is 0.949. The molecule has 1 aromatic heterocycles. The second-order valence-corrected chi connectivity index (χ2v) is 5.51. The predicted molar refractivity (Wildman–Crippen MR) is 71.7 cm³/mol. The second-order valence-electron chi connectivity index (χ2n) is 3.30. The minimum absolute atomic E-state index is 0.166. The molecule has 17 heavy (non-hydrogen) atoms. The molecule has 0 bridgehead atoms. The van der Waals surface area contributed by atoms with Gasteiger partial charge < -0.3 is 0 Å². The Labute approximate surface area is 110 Å². The Kier molecular flexibility index (Phi) is 6.54. The van der Waals surface area contributed by atoms with Gasteiger partial charge in [0.05, 0.1) is 12.0 Å². The smallest absolute Gasteiger partial charge is 0.133 e. The minimum atomic E-state index is -0.166. The normalized spacial score (nSPS) is 11.5. The number of nitriles is 2. The van der Waals surface area contributed by atoms with Crippen LogP contribution in [0.15, 0.2) is 23.4 Å².